The summed E-state index contributed by atoms with van der Waals surface area (Å²) in [5, 5.41) is 9.97. The van der Waals surface area contributed by atoms with E-state index in [1.54, 1.807) is 5.32 Å². The lowest BCUT2D eigenvalue weighted by atomic mass is 10.2. The second kappa shape index (κ2) is 4.12. The molecule has 0 fully saturated rings. The molecule has 0 radical (unpaired) electrons. The first kappa shape index (κ1) is 10.2. The van der Waals surface area contributed by atoms with Crippen LogP contribution in [-0.2, 0) is 9.59 Å². The average molecular weight is 172 g/mol. The van der Waals surface area contributed by atoms with Gasteiger partial charge in [-0.1, -0.05) is 6.58 Å². The van der Waals surface area contributed by atoms with Crippen molar-refractivity contribution < 1.29 is 19.5 Å². The molecule has 6 nitrogen and oxygen atoms in total. The van der Waals surface area contributed by atoms with E-state index in [0.29, 0.717) is 0 Å². The molecule has 66 valence electrons. The second-order valence-electron chi connectivity index (χ2n) is 2.00. The van der Waals surface area contributed by atoms with Gasteiger partial charge in [-0.15, -0.1) is 0 Å². The minimum atomic E-state index is -1.28. The van der Waals surface area contributed by atoms with Crippen LogP contribution in [0.2, 0.25) is 0 Å². The van der Waals surface area contributed by atoms with Crippen molar-refractivity contribution in [1.29, 1.82) is 0 Å². The van der Waals surface area contributed by atoms with E-state index in [9.17, 15) is 14.4 Å². The molecule has 12 heavy (non-hydrogen) atoms. The van der Waals surface area contributed by atoms with Crippen LogP contribution in [0.4, 0.5) is 4.79 Å². The first-order valence-corrected chi connectivity index (χ1v) is 2.94. The Balaban J connectivity index is 3.94. The second-order valence-corrected chi connectivity index (χ2v) is 2.00. The maximum atomic E-state index is 10.6. The minimum Gasteiger partial charge on any atom is -0.478 e. The van der Waals surface area contributed by atoms with Crippen molar-refractivity contribution in [3.63, 3.8) is 0 Å². The Labute approximate surface area is 68.0 Å². The molecule has 3 amide bonds. The Kier molecular flexibility index (Phi) is 3.48. The first-order valence-electron chi connectivity index (χ1n) is 2.94. The fraction of sp³-hybridized carbons (Fsp3) is 0.167. The molecule has 0 aromatic heterocycles. The van der Waals surface area contributed by atoms with E-state index < -0.39 is 24.3 Å². The van der Waals surface area contributed by atoms with E-state index in [-0.39, 0.29) is 5.57 Å². The number of primary amides is 1. The first-order chi connectivity index (χ1) is 5.43. The third-order valence-corrected chi connectivity index (χ3v) is 0.939. The Morgan fingerprint density at radius 3 is 2.25 bits per heavy atom. The van der Waals surface area contributed by atoms with Crippen molar-refractivity contribution in [3.8, 4) is 0 Å². The Morgan fingerprint density at radius 1 is 1.42 bits per heavy atom. The molecule has 0 unspecified atom stereocenters. The molecule has 0 saturated heterocycles. The lowest BCUT2D eigenvalue weighted by Gasteiger charge is -1.99. The Morgan fingerprint density at radius 2 is 1.92 bits per heavy atom. The molecule has 0 spiro atoms. The van der Waals surface area contributed by atoms with Crippen LogP contribution in [-0.4, -0.2) is 23.0 Å². The fourth-order valence-electron chi connectivity index (χ4n) is 0.451. The van der Waals surface area contributed by atoms with Gasteiger partial charge in [0.15, 0.2) is 0 Å². The summed E-state index contributed by atoms with van der Waals surface area (Å²) in [6.45, 7) is 3.09. The highest BCUT2D eigenvalue weighted by atomic mass is 16.4. The van der Waals surface area contributed by atoms with Crippen molar-refractivity contribution in [2.24, 2.45) is 5.73 Å². The number of carbonyl (C=O) groups is 3. The zero-order chi connectivity index (χ0) is 9.72. The maximum Gasteiger partial charge on any atom is 0.331 e. The summed E-state index contributed by atoms with van der Waals surface area (Å²) >= 11 is 0. The highest BCUT2D eigenvalue weighted by molar-refractivity contribution is 5.99. The molecular weight excluding hydrogens is 164 g/mol. The number of nitrogens with one attached hydrogen (secondary N) is 1. The molecule has 0 aliphatic carbocycles. The highest BCUT2D eigenvalue weighted by Gasteiger charge is 2.10. The monoisotopic (exact) mass is 172 g/mol. The number of carboxylic acid groups (broad SMARTS) is 1. The minimum absolute atomic E-state index is 0.297. The number of imide groups is 1. The molecule has 0 bridgehead atoms. The number of hydrogen-bond acceptors (Lipinski definition) is 3. The van der Waals surface area contributed by atoms with Crippen LogP contribution >= 0.6 is 0 Å². The summed E-state index contributed by atoms with van der Waals surface area (Å²) in [6, 6.07) is -1.02. The van der Waals surface area contributed by atoms with Gasteiger partial charge in [-0.25, -0.2) is 9.59 Å². The van der Waals surface area contributed by atoms with Gasteiger partial charge in [0.25, 0.3) is 0 Å². The smallest absolute Gasteiger partial charge is 0.331 e. The average Bonchev–Trinajstić information content (AvgIpc) is 1.84. The largest absolute Gasteiger partial charge is 0.478 e. The van der Waals surface area contributed by atoms with Gasteiger partial charge in [-0.05, 0) is 0 Å². The zero-order valence-electron chi connectivity index (χ0n) is 6.16. The molecule has 0 aromatic rings. The van der Waals surface area contributed by atoms with Crippen molar-refractivity contribution in [1.82, 2.24) is 5.32 Å². The molecule has 0 atom stereocenters. The molecule has 4 N–H and O–H groups in total. The number of carbonyl (C=O) groups excluding carboxylic acids is 2. The summed E-state index contributed by atoms with van der Waals surface area (Å²) in [7, 11) is 0. The fourth-order valence-corrected chi connectivity index (χ4v) is 0.451. The van der Waals surface area contributed by atoms with E-state index in [2.05, 4.69) is 12.3 Å². The summed E-state index contributed by atoms with van der Waals surface area (Å²) in [5.74, 6) is -2.07. The van der Waals surface area contributed by atoms with Crippen LogP contribution in [0.15, 0.2) is 12.2 Å². The van der Waals surface area contributed by atoms with E-state index in [1.807, 2.05) is 0 Å². The number of nitrogens with two attached hydrogens (primary N) is 1. The van der Waals surface area contributed by atoms with Crippen LogP contribution in [0.5, 0.6) is 0 Å². The number of urea groups is 1. The highest BCUT2D eigenvalue weighted by Crippen LogP contribution is 1.96. The summed E-state index contributed by atoms with van der Waals surface area (Å²) in [5.41, 5.74) is 4.30. The van der Waals surface area contributed by atoms with Crippen LogP contribution in [0.1, 0.15) is 6.42 Å². The quantitative estimate of drug-likeness (QED) is 0.484. The normalized spacial score (nSPS) is 8.67. The van der Waals surface area contributed by atoms with Gasteiger partial charge >= 0.3 is 12.0 Å². The van der Waals surface area contributed by atoms with Gasteiger partial charge in [0.05, 0.1) is 6.42 Å². The van der Waals surface area contributed by atoms with Crippen LogP contribution in [0.25, 0.3) is 0 Å². The van der Waals surface area contributed by atoms with Crippen molar-refractivity contribution in [2.45, 2.75) is 6.42 Å². The molecule has 0 rings (SSSR count). The third kappa shape index (κ3) is 4.04. The SMILES string of the molecule is C=C(CC(=O)NC(N)=O)C(=O)O. The number of amides is 3. The Hall–Kier alpha value is -1.85. The molecule has 0 saturated carbocycles. The maximum absolute atomic E-state index is 10.6. The van der Waals surface area contributed by atoms with Crippen molar-refractivity contribution >= 4 is 17.9 Å². The lowest BCUT2D eigenvalue weighted by molar-refractivity contribution is -0.134. The van der Waals surface area contributed by atoms with Gasteiger partial charge in [-0.2, -0.15) is 0 Å². The predicted octanol–water partition coefficient (Wildman–Crippen LogP) is -0.788. The van der Waals surface area contributed by atoms with Crippen LogP contribution in [0.3, 0.4) is 0 Å². The third-order valence-electron chi connectivity index (χ3n) is 0.939. The molecule has 0 aromatic carbocycles. The van der Waals surface area contributed by atoms with E-state index >= 15 is 0 Å². The van der Waals surface area contributed by atoms with Crippen molar-refractivity contribution in [3.05, 3.63) is 12.2 Å². The molecule has 0 aliphatic rings. The Bertz CT molecular complexity index is 246. The predicted molar refractivity (Wildman–Crippen MR) is 39.1 cm³/mol. The van der Waals surface area contributed by atoms with E-state index in [1.165, 1.54) is 0 Å². The van der Waals surface area contributed by atoms with E-state index in [0.717, 1.165) is 0 Å². The summed E-state index contributed by atoms with van der Waals surface area (Å²) in [4.78, 5) is 30.8. The van der Waals surface area contributed by atoms with E-state index in [4.69, 9.17) is 5.11 Å². The molecule has 6 heteroatoms. The van der Waals surface area contributed by atoms with Crippen LogP contribution < -0.4 is 11.1 Å². The number of carboxylic acids is 1. The standard InChI is InChI=1S/C6H8N2O4/c1-3(5(10)11)2-4(9)8-6(7)12/h1-2H2,(H,10,11)(H3,7,8,9,12). The van der Waals surface area contributed by atoms with Gasteiger partial charge in [0.1, 0.15) is 0 Å². The summed E-state index contributed by atoms with van der Waals surface area (Å²) in [6.07, 6.45) is -0.446. The lowest BCUT2D eigenvalue weighted by Crippen LogP contribution is -2.35. The van der Waals surface area contributed by atoms with Crippen molar-refractivity contribution in [2.75, 3.05) is 0 Å². The molecular formula is C6H8N2O4. The van der Waals surface area contributed by atoms with Gasteiger partial charge in [0, 0.05) is 5.57 Å². The van der Waals surface area contributed by atoms with Gasteiger partial charge in [-0.3, -0.25) is 10.1 Å². The van der Waals surface area contributed by atoms with Crippen LogP contribution in [0, 0.1) is 0 Å². The topological polar surface area (TPSA) is 109 Å². The zero-order valence-corrected chi connectivity index (χ0v) is 6.16. The molecule has 0 aliphatic heterocycles. The number of rotatable bonds is 3. The number of aliphatic carboxylic acids is 1. The number of hydrogen-bond donors (Lipinski definition) is 3. The summed E-state index contributed by atoms with van der Waals surface area (Å²) < 4.78 is 0. The molecule has 0 heterocycles. The van der Waals surface area contributed by atoms with Gasteiger partial charge in [0.2, 0.25) is 5.91 Å². The van der Waals surface area contributed by atoms with Gasteiger partial charge < -0.3 is 10.8 Å².